The van der Waals surface area contributed by atoms with E-state index in [1.165, 1.54) is 13.3 Å². The Labute approximate surface area is 163 Å². The molecule has 4 rings (SSSR count). The van der Waals surface area contributed by atoms with Crippen molar-refractivity contribution in [1.82, 2.24) is 30.4 Å². The average Bonchev–Trinajstić information content (AvgIpc) is 3.23. The molecule has 2 N–H and O–H groups in total. The molecule has 0 radical (unpaired) electrons. The Morgan fingerprint density at radius 1 is 1.17 bits per heavy atom. The van der Waals surface area contributed by atoms with E-state index in [4.69, 9.17) is 9.47 Å². The normalized spacial score (nSPS) is 10.8. The molecule has 0 fully saturated rings. The zero-order valence-corrected chi connectivity index (χ0v) is 15.6. The number of rotatable bonds is 5. The number of H-pyrrole nitrogens is 2. The molecular weight excluding hydrogens is 376 g/mol. The van der Waals surface area contributed by atoms with Gasteiger partial charge >= 0.3 is 5.97 Å². The van der Waals surface area contributed by atoms with Crippen LogP contribution in [0, 0.1) is 0 Å². The molecule has 0 saturated heterocycles. The van der Waals surface area contributed by atoms with Crippen molar-refractivity contribution in [1.29, 1.82) is 0 Å². The number of nitrogens with zero attached hydrogens (tertiary/aromatic N) is 4. The van der Waals surface area contributed by atoms with Crippen molar-refractivity contribution in [3.8, 4) is 28.3 Å². The highest BCUT2D eigenvalue weighted by Crippen LogP contribution is 2.33. The molecule has 1 aromatic carbocycles. The molecule has 10 nitrogen and oxygen atoms in total. The van der Waals surface area contributed by atoms with Crippen molar-refractivity contribution in [3.63, 3.8) is 0 Å². The molecule has 0 unspecified atom stereocenters. The van der Waals surface area contributed by atoms with E-state index in [-0.39, 0.29) is 11.2 Å². The number of hydrogen-bond acceptors (Lipinski definition) is 8. The van der Waals surface area contributed by atoms with Gasteiger partial charge in [-0.05, 0) is 30.7 Å². The van der Waals surface area contributed by atoms with Gasteiger partial charge < -0.3 is 14.5 Å². The monoisotopic (exact) mass is 392 g/mol. The molecule has 0 saturated carbocycles. The van der Waals surface area contributed by atoms with Gasteiger partial charge in [0.15, 0.2) is 11.2 Å². The summed E-state index contributed by atoms with van der Waals surface area (Å²) in [6.07, 6.45) is 3.08. The van der Waals surface area contributed by atoms with Crippen LogP contribution in [0.3, 0.4) is 0 Å². The molecule has 10 heteroatoms. The number of nitrogens with one attached hydrogen (secondary N) is 2. The maximum absolute atomic E-state index is 12.2. The predicted molar refractivity (Wildman–Crippen MR) is 103 cm³/mol. The first-order valence-electron chi connectivity index (χ1n) is 8.72. The van der Waals surface area contributed by atoms with E-state index in [2.05, 4.69) is 30.4 Å². The minimum absolute atomic E-state index is 0.133. The van der Waals surface area contributed by atoms with E-state index in [0.717, 1.165) is 11.1 Å². The molecule has 3 aromatic heterocycles. The lowest BCUT2D eigenvalue weighted by Crippen LogP contribution is -2.10. The predicted octanol–water partition coefficient (Wildman–Crippen LogP) is 1.96. The number of carbonyl (C=O) groups is 1. The first-order valence-corrected chi connectivity index (χ1v) is 8.72. The third kappa shape index (κ3) is 3.43. The van der Waals surface area contributed by atoms with Crippen LogP contribution >= 0.6 is 0 Å². The van der Waals surface area contributed by atoms with Crippen LogP contribution in [0.2, 0.25) is 0 Å². The smallest absolute Gasteiger partial charge is 0.339 e. The summed E-state index contributed by atoms with van der Waals surface area (Å²) in [7, 11) is 1.32. The molecule has 146 valence electrons. The van der Waals surface area contributed by atoms with E-state index < -0.39 is 11.5 Å². The second-order valence-electron chi connectivity index (χ2n) is 6.02. The fourth-order valence-electron chi connectivity index (χ4n) is 2.89. The average molecular weight is 392 g/mol. The topological polar surface area (TPSA) is 136 Å². The molecule has 0 bridgehead atoms. The molecule has 0 amide bonds. The van der Waals surface area contributed by atoms with Crippen molar-refractivity contribution in [2.75, 3.05) is 13.7 Å². The lowest BCUT2D eigenvalue weighted by atomic mass is 10.0. The molecule has 29 heavy (non-hydrogen) atoms. The fourth-order valence-corrected chi connectivity index (χ4v) is 2.89. The molecule has 0 atom stereocenters. The third-order valence-electron chi connectivity index (χ3n) is 4.23. The van der Waals surface area contributed by atoms with Crippen LogP contribution in [0.15, 0.2) is 41.5 Å². The van der Waals surface area contributed by atoms with Crippen LogP contribution < -0.4 is 10.3 Å². The van der Waals surface area contributed by atoms with E-state index in [9.17, 15) is 9.59 Å². The summed E-state index contributed by atoms with van der Waals surface area (Å²) in [5.74, 6) is 0.373. The number of hydrogen-bond donors (Lipinski definition) is 2. The van der Waals surface area contributed by atoms with Crippen molar-refractivity contribution < 1.29 is 14.3 Å². The second-order valence-corrected chi connectivity index (χ2v) is 6.02. The van der Waals surface area contributed by atoms with Gasteiger partial charge in [-0.25, -0.2) is 14.9 Å². The lowest BCUT2D eigenvalue weighted by Gasteiger charge is -2.12. The molecule has 0 aliphatic carbocycles. The van der Waals surface area contributed by atoms with E-state index in [1.54, 1.807) is 24.4 Å². The summed E-state index contributed by atoms with van der Waals surface area (Å²) >= 11 is 0. The van der Waals surface area contributed by atoms with Gasteiger partial charge in [-0.2, -0.15) is 0 Å². The van der Waals surface area contributed by atoms with Crippen molar-refractivity contribution in [3.05, 3.63) is 52.6 Å². The molecule has 0 aliphatic rings. The van der Waals surface area contributed by atoms with Gasteiger partial charge in [0.2, 0.25) is 0 Å². The van der Waals surface area contributed by atoms with E-state index in [1.807, 2.05) is 13.0 Å². The van der Waals surface area contributed by atoms with Gasteiger partial charge in [0, 0.05) is 18.0 Å². The molecule has 4 aromatic rings. The minimum Gasteiger partial charge on any atom is -0.493 e. The van der Waals surface area contributed by atoms with Gasteiger partial charge in [-0.3, -0.25) is 9.78 Å². The lowest BCUT2D eigenvalue weighted by molar-refractivity contribution is 0.0600. The molecule has 0 spiro atoms. The Morgan fingerprint density at radius 3 is 2.83 bits per heavy atom. The van der Waals surface area contributed by atoms with Gasteiger partial charge in [-0.15, -0.1) is 5.10 Å². The Hall–Kier alpha value is -4.08. The quantitative estimate of drug-likeness (QED) is 0.492. The number of aromatic amines is 2. The number of aromatic nitrogens is 6. The van der Waals surface area contributed by atoms with Crippen LogP contribution in [-0.2, 0) is 4.74 Å². The summed E-state index contributed by atoms with van der Waals surface area (Å²) in [5.41, 5.74) is 2.45. The zero-order chi connectivity index (χ0) is 20.4. The number of fused-ring (bicyclic) bond motifs is 1. The third-order valence-corrected chi connectivity index (χ3v) is 4.23. The van der Waals surface area contributed by atoms with Gasteiger partial charge in [0.25, 0.3) is 5.56 Å². The van der Waals surface area contributed by atoms with Crippen LogP contribution in [0.5, 0.6) is 5.75 Å². The van der Waals surface area contributed by atoms with Crippen LogP contribution in [0.4, 0.5) is 0 Å². The number of methoxy groups -OCH3 is 1. The zero-order valence-electron chi connectivity index (χ0n) is 15.6. The first-order chi connectivity index (χ1) is 14.1. The van der Waals surface area contributed by atoms with Gasteiger partial charge in [0.05, 0.1) is 24.8 Å². The summed E-state index contributed by atoms with van der Waals surface area (Å²) in [6, 6.07) is 7.09. The Kier molecular flexibility index (Phi) is 4.73. The number of pyridine rings is 1. The SMILES string of the molecule is CCOc1cc(-c2cncc(C(=O)OC)c2)ccc1-c1nc2[nH]nnc2c(=O)[nH]1. The maximum Gasteiger partial charge on any atom is 0.339 e. The summed E-state index contributed by atoms with van der Waals surface area (Å²) in [4.78, 5) is 35.2. The molecular formula is C19H16N6O4. The first kappa shape index (κ1) is 18.3. The number of ether oxygens (including phenoxy) is 2. The number of carbonyl (C=O) groups excluding carboxylic acids is 1. The minimum atomic E-state index is -0.468. The highest BCUT2D eigenvalue weighted by molar-refractivity contribution is 5.90. The van der Waals surface area contributed by atoms with E-state index in [0.29, 0.717) is 29.3 Å². The highest BCUT2D eigenvalue weighted by atomic mass is 16.5. The summed E-state index contributed by atoms with van der Waals surface area (Å²) < 4.78 is 10.5. The van der Waals surface area contributed by atoms with Gasteiger partial charge in [-0.1, -0.05) is 11.3 Å². The number of esters is 1. The highest BCUT2D eigenvalue weighted by Gasteiger charge is 2.15. The maximum atomic E-state index is 12.2. The molecule has 3 heterocycles. The molecule has 0 aliphatic heterocycles. The van der Waals surface area contributed by atoms with Crippen LogP contribution in [0.25, 0.3) is 33.7 Å². The fraction of sp³-hybridized carbons (Fsp3) is 0.158. The van der Waals surface area contributed by atoms with Crippen molar-refractivity contribution in [2.45, 2.75) is 6.92 Å². The Balaban J connectivity index is 1.81. The van der Waals surface area contributed by atoms with Crippen LogP contribution in [-0.4, -0.2) is 50.0 Å². The largest absolute Gasteiger partial charge is 0.493 e. The standard InChI is InChI=1S/C19H16N6O4/c1-3-29-14-7-10(11-6-12(9-20-8-11)19(27)28-2)4-5-13(14)16-21-17-15(18(26)22-16)23-25-24-17/h4-9H,3H2,1-2H3,(H2,21,22,23,24,25,26). The van der Waals surface area contributed by atoms with Gasteiger partial charge in [0.1, 0.15) is 11.6 Å². The Morgan fingerprint density at radius 2 is 2.03 bits per heavy atom. The summed E-state index contributed by atoms with van der Waals surface area (Å²) in [5, 5.41) is 9.91. The second kappa shape index (κ2) is 7.50. The van der Waals surface area contributed by atoms with Crippen molar-refractivity contribution >= 4 is 17.1 Å². The Bertz CT molecular complexity index is 1260. The summed E-state index contributed by atoms with van der Waals surface area (Å²) in [6.45, 7) is 2.27. The van der Waals surface area contributed by atoms with E-state index >= 15 is 0 Å². The van der Waals surface area contributed by atoms with Crippen LogP contribution in [0.1, 0.15) is 17.3 Å². The number of benzene rings is 1. The van der Waals surface area contributed by atoms with Crippen molar-refractivity contribution in [2.24, 2.45) is 0 Å².